The molecule has 2 aromatic rings. The Labute approximate surface area is 131 Å². The minimum atomic E-state index is 1.05. The number of aryl methyl sites for hydroxylation is 1. The summed E-state index contributed by atoms with van der Waals surface area (Å²) in [4.78, 5) is 4.75. The topological polar surface area (TPSA) is 24.4 Å². The quantitative estimate of drug-likeness (QED) is 0.802. The first-order valence-electron chi connectivity index (χ1n) is 8.00. The van der Waals surface area contributed by atoms with E-state index >= 15 is 0 Å². The van der Waals surface area contributed by atoms with Crippen molar-refractivity contribution in [1.29, 1.82) is 0 Å². The predicted octanol–water partition coefficient (Wildman–Crippen LogP) is 4.78. The molecule has 2 aliphatic rings. The van der Waals surface area contributed by atoms with Crippen molar-refractivity contribution in [2.45, 2.75) is 26.2 Å². The van der Waals surface area contributed by atoms with Gasteiger partial charge in [-0.25, -0.2) is 0 Å². The molecular weight excluding hydrogens is 268 g/mol. The fourth-order valence-electron chi connectivity index (χ4n) is 3.34. The monoisotopic (exact) mass is 288 g/mol. The fourth-order valence-corrected chi connectivity index (χ4v) is 3.34. The number of fused-ring (bicyclic) bond motifs is 2. The van der Waals surface area contributed by atoms with Gasteiger partial charge in [0.05, 0.1) is 5.69 Å². The summed E-state index contributed by atoms with van der Waals surface area (Å²) in [5, 5.41) is 3.43. The van der Waals surface area contributed by atoms with Crippen molar-refractivity contribution in [3.8, 4) is 0 Å². The smallest absolute Gasteiger partial charge is 0.0661 e. The van der Waals surface area contributed by atoms with Gasteiger partial charge in [-0.15, -0.1) is 0 Å². The van der Waals surface area contributed by atoms with Gasteiger partial charge in [-0.2, -0.15) is 0 Å². The van der Waals surface area contributed by atoms with E-state index in [1.54, 1.807) is 0 Å². The maximum atomic E-state index is 4.75. The second-order valence-corrected chi connectivity index (χ2v) is 6.13. The van der Waals surface area contributed by atoms with Crippen molar-refractivity contribution < 1.29 is 0 Å². The Balaban J connectivity index is 1.76. The van der Waals surface area contributed by atoms with E-state index in [-0.39, 0.29) is 0 Å². The van der Waals surface area contributed by atoms with Crippen molar-refractivity contribution in [3.63, 3.8) is 0 Å². The molecule has 0 saturated carbocycles. The van der Waals surface area contributed by atoms with E-state index in [0.717, 1.165) is 31.5 Å². The molecule has 0 fully saturated rings. The molecule has 2 heteroatoms. The van der Waals surface area contributed by atoms with Crippen LogP contribution in [-0.2, 0) is 12.8 Å². The molecule has 0 atom stereocenters. The second kappa shape index (κ2) is 5.45. The van der Waals surface area contributed by atoms with Gasteiger partial charge in [0.25, 0.3) is 0 Å². The van der Waals surface area contributed by atoms with Gasteiger partial charge < -0.3 is 5.32 Å². The lowest BCUT2D eigenvalue weighted by molar-refractivity contribution is 0.942. The van der Waals surface area contributed by atoms with E-state index in [0.29, 0.717) is 0 Å². The summed E-state index contributed by atoms with van der Waals surface area (Å²) in [5.41, 5.74) is 9.16. The first kappa shape index (κ1) is 13.3. The molecular formula is C20H20N2. The number of hydrogen-bond acceptors (Lipinski definition) is 2. The third-order valence-electron chi connectivity index (χ3n) is 4.68. The molecule has 0 aromatic heterocycles. The molecule has 2 nitrogen and oxygen atoms in total. The van der Waals surface area contributed by atoms with Crippen LogP contribution in [0.15, 0.2) is 53.0 Å². The van der Waals surface area contributed by atoms with E-state index in [1.807, 2.05) is 0 Å². The Morgan fingerprint density at radius 1 is 0.955 bits per heavy atom. The lowest BCUT2D eigenvalue weighted by Crippen LogP contribution is -1.98. The van der Waals surface area contributed by atoms with E-state index in [9.17, 15) is 0 Å². The van der Waals surface area contributed by atoms with Crippen LogP contribution in [0.1, 0.15) is 30.0 Å². The van der Waals surface area contributed by atoms with E-state index < -0.39 is 0 Å². The number of hydrogen-bond donors (Lipinski definition) is 1. The zero-order valence-electron chi connectivity index (χ0n) is 12.9. The van der Waals surface area contributed by atoms with Crippen LogP contribution in [0.4, 0.5) is 11.4 Å². The lowest BCUT2D eigenvalue weighted by Gasteiger charge is -2.14. The van der Waals surface area contributed by atoms with E-state index in [4.69, 9.17) is 4.99 Å². The molecule has 0 aliphatic carbocycles. The molecule has 0 saturated heterocycles. The Hall–Kier alpha value is -2.35. The van der Waals surface area contributed by atoms with Gasteiger partial charge in [-0.3, -0.25) is 4.99 Å². The maximum Gasteiger partial charge on any atom is 0.0661 e. The van der Waals surface area contributed by atoms with Crippen molar-refractivity contribution in [3.05, 3.63) is 64.7 Å². The van der Waals surface area contributed by atoms with Crippen molar-refractivity contribution >= 4 is 23.2 Å². The molecule has 2 aromatic carbocycles. The molecule has 0 radical (unpaired) electrons. The van der Waals surface area contributed by atoms with Crippen LogP contribution >= 0.6 is 0 Å². The first-order chi connectivity index (χ1) is 10.8. The summed E-state index contributed by atoms with van der Waals surface area (Å²) >= 11 is 0. The molecule has 2 heterocycles. The molecule has 110 valence electrons. The SMILES string of the molecule is CC1=C(c2ccc3c(c2)CCN3)C=Nc2ccccc2CC1. The summed E-state index contributed by atoms with van der Waals surface area (Å²) in [6, 6.07) is 15.2. The molecule has 4 rings (SSSR count). The van der Waals surface area contributed by atoms with Gasteiger partial charge in [0.15, 0.2) is 0 Å². The number of aliphatic imine (C=N–C) groups is 1. The fraction of sp³-hybridized carbons (Fsp3) is 0.250. The van der Waals surface area contributed by atoms with Crippen LogP contribution in [0.5, 0.6) is 0 Å². The van der Waals surface area contributed by atoms with Gasteiger partial charge in [0.1, 0.15) is 0 Å². The molecule has 0 spiro atoms. The van der Waals surface area contributed by atoms with Crippen LogP contribution in [-0.4, -0.2) is 12.8 Å². The van der Waals surface area contributed by atoms with Gasteiger partial charge >= 0.3 is 0 Å². The number of nitrogens with zero attached hydrogens (tertiary/aromatic N) is 1. The summed E-state index contributed by atoms with van der Waals surface area (Å²) in [6.07, 6.45) is 5.33. The largest absolute Gasteiger partial charge is 0.384 e. The van der Waals surface area contributed by atoms with Gasteiger partial charge in [0.2, 0.25) is 0 Å². The third-order valence-corrected chi connectivity index (χ3v) is 4.68. The van der Waals surface area contributed by atoms with Crippen LogP contribution in [0, 0.1) is 0 Å². The zero-order valence-corrected chi connectivity index (χ0v) is 12.9. The third kappa shape index (κ3) is 2.35. The summed E-state index contributed by atoms with van der Waals surface area (Å²) in [6.45, 7) is 3.29. The highest BCUT2D eigenvalue weighted by Crippen LogP contribution is 2.31. The van der Waals surface area contributed by atoms with Crippen molar-refractivity contribution in [2.75, 3.05) is 11.9 Å². The number of para-hydroxylation sites is 1. The molecule has 2 aliphatic heterocycles. The Morgan fingerprint density at radius 3 is 2.82 bits per heavy atom. The molecule has 22 heavy (non-hydrogen) atoms. The minimum absolute atomic E-state index is 1.05. The number of allylic oxidation sites excluding steroid dienone is 2. The van der Waals surface area contributed by atoms with Crippen molar-refractivity contribution in [2.24, 2.45) is 4.99 Å². The van der Waals surface area contributed by atoms with Crippen LogP contribution in [0.2, 0.25) is 0 Å². The second-order valence-electron chi connectivity index (χ2n) is 6.13. The van der Waals surface area contributed by atoms with Gasteiger partial charge in [0, 0.05) is 18.4 Å². The molecule has 0 bridgehead atoms. The molecule has 1 N–H and O–H groups in total. The van der Waals surface area contributed by atoms with Crippen LogP contribution in [0.3, 0.4) is 0 Å². The van der Waals surface area contributed by atoms with Gasteiger partial charge in [-0.1, -0.05) is 29.8 Å². The highest BCUT2D eigenvalue weighted by atomic mass is 14.9. The number of nitrogens with one attached hydrogen (secondary N) is 1. The maximum absolute atomic E-state index is 4.75. The highest BCUT2D eigenvalue weighted by Gasteiger charge is 2.14. The first-order valence-corrected chi connectivity index (χ1v) is 8.00. The molecule has 0 amide bonds. The zero-order chi connectivity index (χ0) is 14.9. The van der Waals surface area contributed by atoms with Crippen molar-refractivity contribution in [1.82, 2.24) is 0 Å². The average Bonchev–Trinajstić information content (AvgIpc) is 3.00. The van der Waals surface area contributed by atoms with E-state index in [1.165, 1.54) is 33.5 Å². The summed E-state index contributed by atoms with van der Waals surface area (Å²) in [5.74, 6) is 0. The Kier molecular flexibility index (Phi) is 3.30. The average molecular weight is 288 g/mol. The number of anilines is 1. The number of rotatable bonds is 1. The van der Waals surface area contributed by atoms with Gasteiger partial charge in [-0.05, 0) is 66.6 Å². The standard InChI is InChI=1S/C20H20N2/c1-14-6-7-15-4-2-3-5-19(15)22-13-18(14)16-8-9-20-17(12-16)10-11-21-20/h2-5,8-9,12-13,21H,6-7,10-11H2,1H3. The van der Waals surface area contributed by atoms with Crippen LogP contribution in [0.25, 0.3) is 5.57 Å². The Morgan fingerprint density at radius 2 is 1.86 bits per heavy atom. The lowest BCUT2D eigenvalue weighted by atomic mass is 9.94. The predicted molar refractivity (Wildman–Crippen MR) is 94.1 cm³/mol. The van der Waals surface area contributed by atoms with Crippen LogP contribution < -0.4 is 5.32 Å². The minimum Gasteiger partial charge on any atom is -0.384 e. The summed E-state index contributed by atoms with van der Waals surface area (Å²) < 4.78 is 0. The molecule has 0 unspecified atom stereocenters. The summed E-state index contributed by atoms with van der Waals surface area (Å²) in [7, 11) is 0. The van der Waals surface area contributed by atoms with E-state index in [2.05, 4.69) is 60.9 Å². The normalized spacial score (nSPS) is 16.6. The number of benzene rings is 2. The Bertz CT molecular complexity index is 784. The highest BCUT2D eigenvalue weighted by molar-refractivity contribution is 6.12.